The first-order chi connectivity index (χ1) is 13.4. The van der Waals surface area contributed by atoms with Crippen molar-refractivity contribution in [3.05, 3.63) is 60.2 Å². The fourth-order valence-electron chi connectivity index (χ4n) is 2.52. The number of rotatable bonds is 9. The largest absolute Gasteiger partial charge is 0.469 e. The van der Waals surface area contributed by atoms with E-state index in [4.69, 9.17) is 9.47 Å². The summed E-state index contributed by atoms with van der Waals surface area (Å²) in [6.45, 7) is 4.37. The number of alkyl carbamates (subject to hydrolysis) is 1. The lowest BCUT2D eigenvalue weighted by atomic mass is 10.0. The van der Waals surface area contributed by atoms with E-state index in [0.717, 1.165) is 11.1 Å². The topological polar surface area (TPSA) is 73.9 Å². The summed E-state index contributed by atoms with van der Waals surface area (Å²) in [7, 11) is 1.30. The maximum absolute atomic E-state index is 11.8. The summed E-state index contributed by atoms with van der Waals surface area (Å²) in [4.78, 5) is 22.8. The molecule has 0 saturated heterocycles. The summed E-state index contributed by atoms with van der Waals surface area (Å²) in [6, 6.07) is 18.3. The molecule has 28 heavy (non-hydrogen) atoms. The van der Waals surface area contributed by atoms with Crippen LogP contribution in [0.15, 0.2) is 54.6 Å². The van der Waals surface area contributed by atoms with Crippen molar-refractivity contribution < 1.29 is 23.8 Å². The Bertz CT molecular complexity index is 756. The van der Waals surface area contributed by atoms with E-state index in [-0.39, 0.29) is 25.5 Å². The highest BCUT2D eigenvalue weighted by Crippen LogP contribution is 2.20. The van der Waals surface area contributed by atoms with E-state index in [0.29, 0.717) is 6.61 Å². The van der Waals surface area contributed by atoms with Crippen molar-refractivity contribution in [1.82, 2.24) is 5.32 Å². The molecule has 0 radical (unpaired) electrons. The second-order valence-corrected chi connectivity index (χ2v) is 6.96. The van der Waals surface area contributed by atoms with Gasteiger partial charge in [-0.25, -0.2) is 4.79 Å². The summed E-state index contributed by atoms with van der Waals surface area (Å²) in [5.74, 6) is -0.388. The molecule has 0 aliphatic heterocycles. The van der Waals surface area contributed by atoms with E-state index in [1.165, 1.54) is 12.7 Å². The van der Waals surface area contributed by atoms with E-state index < -0.39 is 11.7 Å². The van der Waals surface area contributed by atoms with E-state index in [2.05, 4.69) is 34.3 Å². The van der Waals surface area contributed by atoms with Crippen LogP contribution in [0.1, 0.15) is 25.8 Å². The molecule has 0 aliphatic carbocycles. The number of hydrogen-bond acceptors (Lipinski definition) is 5. The lowest BCUT2D eigenvalue weighted by Gasteiger charge is -2.25. The van der Waals surface area contributed by atoms with Crippen LogP contribution in [0.4, 0.5) is 4.79 Å². The first-order valence-corrected chi connectivity index (χ1v) is 9.15. The average Bonchev–Trinajstić information content (AvgIpc) is 2.68. The average molecular weight is 385 g/mol. The molecule has 1 N–H and O–H groups in total. The molecule has 0 aromatic heterocycles. The molecule has 150 valence electrons. The number of nitrogens with one attached hydrogen (secondary N) is 1. The van der Waals surface area contributed by atoms with Crippen molar-refractivity contribution in [1.29, 1.82) is 0 Å². The number of methoxy groups -OCH3 is 1. The van der Waals surface area contributed by atoms with Crippen LogP contribution < -0.4 is 5.32 Å². The zero-order valence-corrected chi connectivity index (χ0v) is 16.6. The number of carbonyl (C=O) groups is 2. The number of carbonyl (C=O) groups excluding carboxylic acids is 2. The van der Waals surface area contributed by atoms with Gasteiger partial charge in [0.25, 0.3) is 0 Å². The Hall–Kier alpha value is -2.86. The van der Waals surface area contributed by atoms with Gasteiger partial charge in [-0.1, -0.05) is 54.6 Å². The Morgan fingerprint density at radius 3 is 2.25 bits per heavy atom. The first kappa shape index (κ1) is 21.4. The summed E-state index contributed by atoms with van der Waals surface area (Å²) in [5.41, 5.74) is 2.57. The Morgan fingerprint density at radius 2 is 1.61 bits per heavy atom. The molecule has 2 aromatic rings. The smallest absolute Gasteiger partial charge is 0.407 e. The van der Waals surface area contributed by atoms with Crippen LogP contribution in [-0.2, 0) is 25.6 Å². The van der Waals surface area contributed by atoms with Gasteiger partial charge in [-0.3, -0.25) is 4.79 Å². The molecule has 0 heterocycles. The van der Waals surface area contributed by atoms with Gasteiger partial charge in [-0.15, -0.1) is 0 Å². The predicted molar refractivity (Wildman–Crippen MR) is 107 cm³/mol. The third-order valence-corrected chi connectivity index (χ3v) is 3.97. The van der Waals surface area contributed by atoms with Crippen LogP contribution in [0.3, 0.4) is 0 Å². The summed E-state index contributed by atoms with van der Waals surface area (Å²) >= 11 is 0. The van der Waals surface area contributed by atoms with E-state index in [1.54, 1.807) is 13.8 Å². The quantitative estimate of drug-likeness (QED) is 0.662. The van der Waals surface area contributed by atoms with Gasteiger partial charge in [-0.2, -0.15) is 0 Å². The van der Waals surface area contributed by atoms with Gasteiger partial charge in [0.1, 0.15) is 5.60 Å². The highest BCUT2D eigenvalue weighted by Gasteiger charge is 2.23. The first-order valence-electron chi connectivity index (χ1n) is 9.15. The molecule has 0 spiro atoms. The molecular weight excluding hydrogens is 358 g/mol. The molecule has 6 nitrogen and oxygen atoms in total. The molecule has 0 fully saturated rings. The lowest BCUT2D eigenvalue weighted by molar-refractivity contribution is -0.140. The van der Waals surface area contributed by atoms with Crippen molar-refractivity contribution in [2.75, 3.05) is 20.3 Å². The zero-order valence-electron chi connectivity index (χ0n) is 16.6. The molecule has 0 aliphatic rings. The van der Waals surface area contributed by atoms with Gasteiger partial charge in [0.05, 0.1) is 26.7 Å². The number of ether oxygens (including phenoxy) is 3. The number of esters is 1. The summed E-state index contributed by atoms with van der Waals surface area (Å²) < 4.78 is 15.6. The Morgan fingerprint density at radius 1 is 0.964 bits per heavy atom. The number of benzene rings is 2. The standard InChI is InChI=1S/C22H27NO5/c1-22(2,28-21(25)23-14-13-20(24)26-3)16-27-15-17-9-11-19(12-10-17)18-7-5-4-6-8-18/h4-12H,13-16H2,1-3H3,(H,23,25). The highest BCUT2D eigenvalue weighted by atomic mass is 16.6. The molecule has 0 unspecified atom stereocenters. The van der Waals surface area contributed by atoms with E-state index in [1.807, 2.05) is 30.3 Å². The van der Waals surface area contributed by atoms with Crippen molar-refractivity contribution in [2.24, 2.45) is 0 Å². The Kier molecular flexibility index (Phi) is 8.02. The third kappa shape index (κ3) is 7.40. The molecule has 0 bridgehead atoms. The molecule has 1 amide bonds. The van der Waals surface area contributed by atoms with Crippen LogP contribution in [0.5, 0.6) is 0 Å². The maximum Gasteiger partial charge on any atom is 0.407 e. The summed E-state index contributed by atoms with van der Waals surface area (Å²) in [5, 5.41) is 2.52. The monoisotopic (exact) mass is 385 g/mol. The van der Waals surface area contributed by atoms with Crippen molar-refractivity contribution >= 4 is 12.1 Å². The molecule has 2 aromatic carbocycles. The van der Waals surface area contributed by atoms with Crippen molar-refractivity contribution in [3.63, 3.8) is 0 Å². The fourth-order valence-corrected chi connectivity index (χ4v) is 2.52. The zero-order chi connectivity index (χ0) is 20.4. The third-order valence-electron chi connectivity index (χ3n) is 3.97. The van der Waals surface area contributed by atoms with Gasteiger partial charge >= 0.3 is 12.1 Å². The van der Waals surface area contributed by atoms with Crippen LogP contribution in [0.2, 0.25) is 0 Å². The Balaban J connectivity index is 1.73. The second kappa shape index (κ2) is 10.5. The van der Waals surface area contributed by atoms with Gasteiger partial charge < -0.3 is 19.5 Å². The number of hydrogen-bond donors (Lipinski definition) is 1. The van der Waals surface area contributed by atoms with Gasteiger partial charge in [0.2, 0.25) is 0 Å². The highest BCUT2D eigenvalue weighted by molar-refractivity contribution is 5.71. The normalized spacial score (nSPS) is 11.0. The van der Waals surface area contributed by atoms with Crippen LogP contribution >= 0.6 is 0 Å². The minimum Gasteiger partial charge on any atom is -0.469 e. The van der Waals surface area contributed by atoms with Gasteiger partial charge in [-0.05, 0) is 30.5 Å². The molecule has 6 heteroatoms. The van der Waals surface area contributed by atoms with Crippen LogP contribution in [0, 0.1) is 0 Å². The van der Waals surface area contributed by atoms with Gasteiger partial charge in [0, 0.05) is 6.54 Å². The summed E-state index contributed by atoms with van der Waals surface area (Å²) in [6.07, 6.45) is -0.494. The van der Waals surface area contributed by atoms with Crippen LogP contribution in [-0.4, -0.2) is 37.9 Å². The fraction of sp³-hybridized carbons (Fsp3) is 0.364. The number of amides is 1. The van der Waals surface area contributed by atoms with Crippen molar-refractivity contribution in [3.8, 4) is 11.1 Å². The van der Waals surface area contributed by atoms with Crippen molar-refractivity contribution in [2.45, 2.75) is 32.5 Å². The second-order valence-electron chi connectivity index (χ2n) is 6.96. The molecular formula is C22H27NO5. The minimum absolute atomic E-state index is 0.0987. The van der Waals surface area contributed by atoms with E-state index in [9.17, 15) is 9.59 Å². The SMILES string of the molecule is COC(=O)CCNC(=O)OC(C)(C)COCc1ccc(-c2ccccc2)cc1. The molecule has 0 saturated carbocycles. The molecule has 2 rings (SSSR count). The maximum atomic E-state index is 11.8. The minimum atomic E-state index is -0.792. The van der Waals surface area contributed by atoms with Crippen LogP contribution in [0.25, 0.3) is 11.1 Å². The van der Waals surface area contributed by atoms with Gasteiger partial charge in [0.15, 0.2) is 0 Å². The van der Waals surface area contributed by atoms with E-state index >= 15 is 0 Å². The predicted octanol–water partition coefficient (Wildman–Crippen LogP) is 3.94. The molecule has 0 atom stereocenters. The Labute approximate surface area is 165 Å². The lowest BCUT2D eigenvalue weighted by Crippen LogP contribution is -2.38.